The molecule has 1 aliphatic rings. The van der Waals surface area contributed by atoms with E-state index in [2.05, 4.69) is 6.92 Å². The first-order valence-corrected chi connectivity index (χ1v) is 6.16. The lowest BCUT2D eigenvalue weighted by Gasteiger charge is -2.10. The van der Waals surface area contributed by atoms with Crippen molar-refractivity contribution in [1.82, 2.24) is 0 Å². The van der Waals surface area contributed by atoms with Crippen LogP contribution < -0.4 is 9.47 Å². The van der Waals surface area contributed by atoms with Crippen molar-refractivity contribution in [1.29, 1.82) is 0 Å². The average Bonchev–Trinajstić information content (AvgIpc) is 2.75. The van der Waals surface area contributed by atoms with Crippen LogP contribution in [0.5, 0.6) is 11.5 Å². The number of hydrogen-bond acceptors (Lipinski definition) is 4. The smallest absolute Gasteiger partial charge is 0.360 e. The highest BCUT2D eigenvalue weighted by atomic mass is 16.7. The van der Waals surface area contributed by atoms with Crippen LogP contribution in [0.2, 0.25) is 0 Å². The lowest BCUT2D eigenvalue weighted by molar-refractivity contribution is -0.564. The molecule has 0 amide bonds. The SMILES string of the molecule is CCCC[C@@H]1c2cccc(OC)c2O[C@H]1[N+](=O)[O-]. The van der Waals surface area contributed by atoms with Gasteiger partial charge in [-0.05, 0) is 12.5 Å². The number of para-hydroxylation sites is 1. The summed E-state index contributed by atoms with van der Waals surface area (Å²) in [6.07, 6.45) is 1.75. The molecular weight excluding hydrogens is 234 g/mol. The van der Waals surface area contributed by atoms with E-state index in [-0.39, 0.29) is 10.8 Å². The quantitative estimate of drug-likeness (QED) is 0.596. The van der Waals surface area contributed by atoms with Crippen LogP contribution >= 0.6 is 0 Å². The van der Waals surface area contributed by atoms with E-state index < -0.39 is 6.23 Å². The van der Waals surface area contributed by atoms with Crippen LogP contribution in [0.3, 0.4) is 0 Å². The summed E-state index contributed by atoms with van der Waals surface area (Å²) in [5, 5.41) is 11.1. The van der Waals surface area contributed by atoms with Gasteiger partial charge in [0.15, 0.2) is 11.5 Å². The molecule has 2 rings (SSSR count). The van der Waals surface area contributed by atoms with Gasteiger partial charge in [0.2, 0.25) is 0 Å². The van der Waals surface area contributed by atoms with E-state index in [1.807, 2.05) is 12.1 Å². The van der Waals surface area contributed by atoms with E-state index in [9.17, 15) is 10.1 Å². The highest BCUT2D eigenvalue weighted by molar-refractivity contribution is 5.51. The zero-order valence-corrected chi connectivity index (χ0v) is 10.6. The lowest BCUT2D eigenvalue weighted by atomic mass is 9.93. The first kappa shape index (κ1) is 12.7. The number of methoxy groups -OCH3 is 1. The highest BCUT2D eigenvalue weighted by Gasteiger charge is 2.43. The van der Waals surface area contributed by atoms with Gasteiger partial charge >= 0.3 is 6.23 Å². The molecule has 0 spiro atoms. The Kier molecular flexibility index (Phi) is 3.69. The number of ether oxygens (including phenoxy) is 2. The van der Waals surface area contributed by atoms with Gasteiger partial charge in [-0.2, -0.15) is 0 Å². The molecule has 5 heteroatoms. The molecule has 0 aromatic heterocycles. The fraction of sp³-hybridized carbons (Fsp3) is 0.538. The fourth-order valence-corrected chi connectivity index (χ4v) is 2.38. The summed E-state index contributed by atoms with van der Waals surface area (Å²) in [6, 6.07) is 5.50. The molecule has 1 aromatic carbocycles. The Labute approximate surface area is 106 Å². The van der Waals surface area contributed by atoms with Crippen LogP contribution in [0.15, 0.2) is 18.2 Å². The molecule has 0 saturated heterocycles. The van der Waals surface area contributed by atoms with Crippen molar-refractivity contribution in [2.45, 2.75) is 38.3 Å². The Balaban J connectivity index is 2.34. The summed E-state index contributed by atoms with van der Waals surface area (Å²) in [5.41, 5.74) is 0.893. The third-order valence-electron chi connectivity index (χ3n) is 3.29. The largest absolute Gasteiger partial charge is 0.493 e. The minimum absolute atomic E-state index is 0.176. The van der Waals surface area contributed by atoms with Gasteiger partial charge in [-0.25, -0.2) is 0 Å². The molecule has 0 radical (unpaired) electrons. The number of rotatable bonds is 5. The van der Waals surface area contributed by atoms with Crippen LogP contribution in [0, 0.1) is 10.1 Å². The van der Waals surface area contributed by atoms with Crippen molar-refractivity contribution in [3.05, 3.63) is 33.9 Å². The number of nitro groups is 1. The van der Waals surface area contributed by atoms with Gasteiger partial charge in [0.05, 0.1) is 18.0 Å². The van der Waals surface area contributed by atoms with Gasteiger partial charge in [0.1, 0.15) is 0 Å². The number of nitrogens with zero attached hydrogens (tertiary/aromatic N) is 1. The van der Waals surface area contributed by atoms with Crippen LogP contribution in [-0.2, 0) is 0 Å². The first-order chi connectivity index (χ1) is 8.69. The normalized spacial score (nSPS) is 21.2. The van der Waals surface area contributed by atoms with E-state index in [0.29, 0.717) is 11.5 Å². The molecule has 0 fully saturated rings. The Morgan fingerprint density at radius 2 is 2.28 bits per heavy atom. The molecule has 0 saturated carbocycles. The van der Waals surface area contributed by atoms with Gasteiger partial charge < -0.3 is 9.47 Å². The number of unbranched alkanes of at least 4 members (excludes halogenated alkanes) is 1. The van der Waals surface area contributed by atoms with Gasteiger partial charge in [-0.1, -0.05) is 31.9 Å². The number of benzene rings is 1. The third kappa shape index (κ3) is 2.12. The molecule has 98 valence electrons. The van der Waals surface area contributed by atoms with Crippen molar-refractivity contribution < 1.29 is 14.4 Å². The highest BCUT2D eigenvalue weighted by Crippen LogP contribution is 2.46. The van der Waals surface area contributed by atoms with E-state index in [1.54, 1.807) is 13.2 Å². The number of fused-ring (bicyclic) bond motifs is 1. The van der Waals surface area contributed by atoms with Crippen molar-refractivity contribution in [2.24, 2.45) is 0 Å². The molecule has 2 atom stereocenters. The standard InChI is InChI=1S/C13H17NO4/c1-3-4-6-10-9-7-5-8-11(17-2)12(9)18-13(10)14(15)16/h5,7-8,10,13H,3-4,6H2,1-2H3/t10-,13-/m1/s1. The number of hydrogen-bond donors (Lipinski definition) is 0. The van der Waals surface area contributed by atoms with Crippen LogP contribution in [0.4, 0.5) is 0 Å². The molecule has 0 bridgehead atoms. The maximum Gasteiger partial charge on any atom is 0.360 e. The summed E-state index contributed by atoms with van der Waals surface area (Å²) in [6.45, 7) is 2.07. The van der Waals surface area contributed by atoms with Crippen molar-refractivity contribution in [3.8, 4) is 11.5 Å². The molecule has 18 heavy (non-hydrogen) atoms. The summed E-state index contributed by atoms with van der Waals surface area (Å²) < 4.78 is 10.7. The molecule has 0 N–H and O–H groups in total. The first-order valence-electron chi connectivity index (χ1n) is 6.16. The van der Waals surface area contributed by atoms with Gasteiger partial charge in [0.25, 0.3) is 0 Å². The van der Waals surface area contributed by atoms with Crippen molar-refractivity contribution in [3.63, 3.8) is 0 Å². The van der Waals surface area contributed by atoms with Gasteiger partial charge in [-0.15, -0.1) is 0 Å². The minimum atomic E-state index is -0.983. The molecule has 0 aliphatic carbocycles. The zero-order valence-electron chi connectivity index (χ0n) is 10.6. The van der Waals surface area contributed by atoms with E-state index in [4.69, 9.17) is 9.47 Å². The summed E-state index contributed by atoms with van der Waals surface area (Å²) in [7, 11) is 1.54. The summed E-state index contributed by atoms with van der Waals surface area (Å²) in [4.78, 5) is 10.7. The monoisotopic (exact) mass is 251 g/mol. The molecule has 1 heterocycles. The fourth-order valence-electron chi connectivity index (χ4n) is 2.38. The maximum absolute atomic E-state index is 11.1. The zero-order chi connectivity index (χ0) is 13.1. The van der Waals surface area contributed by atoms with Gasteiger partial charge in [0, 0.05) is 5.56 Å². The second-order valence-electron chi connectivity index (χ2n) is 4.42. The Hall–Kier alpha value is -1.78. The predicted molar refractivity (Wildman–Crippen MR) is 66.7 cm³/mol. The topological polar surface area (TPSA) is 61.6 Å². The van der Waals surface area contributed by atoms with Crippen molar-refractivity contribution >= 4 is 0 Å². The third-order valence-corrected chi connectivity index (χ3v) is 3.29. The predicted octanol–water partition coefficient (Wildman–Crippen LogP) is 2.96. The average molecular weight is 251 g/mol. The lowest BCUT2D eigenvalue weighted by Crippen LogP contribution is -2.28. The van der Waals surface area contributed by atoms with Crippen LogP contribution in [0.1, 0.15) is 37.7 Å². The Morgan fingerprint density at radius 1 is 1.50 bits per heavy atom. The maximum atomic E-state index is 11.1. The second-order valence-corrected chi connectivity index (χ2v) is 4.42. The van der Waals surface area contributed by atoms with Crippen LogP contribution in [0.25, 0.3) is 0 Å². The molecular formula is C13H17NO4. The summed E-state index contributed by atoms with van der Waals surface area (Å²) in [5.74, 6) is 0.922. The second kappa shape index (κ2) is 5.25. The van der Waals surface area contributed by atoms with E-state index in [1.165, 1.54) is 0 Å². The molecule has 5 nitrogen and oxygen atoms in total. The Morgan fingerprint density at radius 3 is 2.89 bits per heavy atom. The molecule has 1 aliphatic heterocycles. The molecule has 1 aromatic rings. The summed E-state index contributed by atoms with van der Waals surface area (Å²) >= 11 is 0. The Bertz CT molecular complexity index is 447. The van der Waals surface area contributed by atoms with Crippen molar-refractivity contribution in [2.75, 3.05) is 7.11 Å². The van der Waals surface area contributed by atoms with Gasteiger partial charge in [-0.3, -0.25) is 10.1 Å². The van der Waals surface area contributed by atoms with E-state index in [0.717, 1.165) is 24.8 Å². The van der Waals surface area contributed by atoms with Crippen LogP contribution in [-0.4, -0.2) is 18.3 Å². The molecule has 0 unspecified atom stereocenters. The van der Waals surface area contributed by atoms with E-state index >= 15 is 0 Å². The minimum Gasteiger partial charge on any atom is -0.493 e.